The second-order valence-electron chi connectivity index (χ2n) is 3.99. The summed E-state index contributed by atoms with van der Waals surface area (Å²) in [6.07, 6.45) is -4.53. The number of pyridine rings is 1. The van der Waals surface area contributed by atoms with Crippen molar-refractivity contribution in [3.8, 4) is 11.1 Å². The van der Waals surface area contributed by atoms with E-state index in [9.17, 15) is 22.8 Å². The number of aromatic carboxylic acids is 1. The third kappa shape index (κ3) is 2.71. The van der Waals surface area contributed by atoms with Crippen LogP contribution in [-0.4, -0.2) is 16.1 Å². The van der Waals surface area contributed by atoms with Crippen LogP contribution in [0.15, 0.2) is 41.2 Å². The average Bonchev–Trinajstić information content (AvgIpc) is 2.37. The normalized spacial score (nSPS) is 11.3. The summed E-state index contributed by atoms with van der Waals surface area (Å²) < 4.78 is 37.9. The summed E-state index contributed by atoms with van der Waals surface area (Å²) in [5.41, 5.74) is -1.90. The topological polar surface area (TPSA) is 70.2 Å². The Bertz CT molecular complexity index is 719. The average molecular weight is 283 g/mol. The van der Waals surface area contributed by atoms with E-state index in [2.05, 4.69) is 4.98 Å². The van der Waals surface area contributed by atoms with Crippen LogP contribution < -0.4 is 5.56 Å². The van der Waals surface area contributed by atoms with Gasteiger partial charge in [-0.2, -0.15) is 13.2 Å². The number of hydrogen-bond donors (Lipinski definition) is 2. The summed E-state index contributed by atoms with van der Waals surface area (Å²) in [5, 5.41) is 8.99. The SMILES string of the molecule is O=C(O)c1[nH]c(=O)ccc1-c1cccc(C(F)(F)F)c1. The number of halogens is 3. The predicted molar refractivity (Wildman–Crippen MR) is 64.5 cm³/mol. The van der Waals surface area contributed by atoms with Gasteiger partial charge in [0.05, 0.1) is 5.56 Å². The number of benzene rings is 1. The zero-order valence-electron chi connectivity index (χ0n) is 9.86. The van der Waals surface area contributed by atoms with Crippen molar-refractivity contribution in [2.75, 3.05) is 0 Å². The van der Waals surface area contributed by atoms with Gasteiger partial charge in [0.1, 0.15) is 5.69 Å². The van der Waals surface area contributed by atoms with Crippen molar-refractivity contribution in [3.63, 3.8) is 0 Å². The lowest BCUT2D eigenvalue weighted by Gasteiger charge is -2.10. The molecular weight excluding hydrogens is 275 g/mol. The molecule has 2 N–H and O–H groups in total. The minimum absolute atomic E-state index is 0.0169. The molecule has 0 radical (unpaired) electrons. The smallest absolute Gasteiger partial charge is 0.416 e. The lowest BCUT2D eigenvalue weighted by Crippen LogP contribution is -2.13. The fourth-order valence-electron chi connectivity index (χ4n) is 1.75. The Hall–Kier alpha value is -2.57. The Morgan fingerprint density at radius 2 is 1.85 bits per heavy atom. The molecule has 0 amide bonds. The predicted octanol–water partition coefficient (Wildman–Crippen LogP) is 2.76. The molecule has 0 bridgehead atoms. The lowest BCUT2D eigenvalue weighted by atomic mass is 10.0. The van der Waals surface area contributed by atoms with E-state index in [0.717, 1.165) is 18.2 Å². The van der Waals surface area contributed by atoms with Crippen molar-refractivity contribution in [1.82, 2.24) is 4.98 Å². The Labute approximate surface area is 110 Å². The van der Waals surface area contributed by atoms with Gasteiger partial charge in [0.15, 0.2) is 0 Å². The summed E-state index contributed by atoms with van der Waals surface area (Å²) in [6, 6.07) is 6.47. The molecule has 0 aliphatic rings. The molecule has 4 nitrogen and oxygen atoms in total. The number of nitrogens with one attached hydrogen (secondary N) is 1. The fraction of sp³-hybridized carbons (Fsp3) is 0.0769. The standard InChI is InChI=1S/C13H8F3NO3/c14-13(15,16)8-3-1-2-7(6-8)9-4-5-10(18)17-11(9)12(19)20/h1-6H,(H,17,18)(H,19,20). The van der Waals surface area contributed by atoms with E-state index >= 15 is 0 Å². The van der Waals surface area contributed by atoms with Crippen molar-refractivity contribution in [2.45, 2.75) is 6.18 Å². The Kier molecular flexibility index (Phi) is 3.35. The van der Waals surface area contributed by atoms with E-state index in [4.69, 9.17) is 5.11 Å². The van der Waals surface area contributed by atoms with Gasteiger partial charge < -0.3 is 10.1 Å². The first-order valence-electron chi connectivity index (χ1n) is 5.43. The molecule has 7 heteroatoms. The first-order chi connectivity index (χ1) is 9.29. The summed E-state index contributed by atoms with van der Waals surface area (Å²) >= 11 is 0. The Balaban J connectivity index is 2.63. The monoisotopic (exact) mass is 283 g/mol. The summed E-state index contributed by atoms with van der Waals surface area (Å²) in [6.45, 7) is 0. The van der Waals surface area contributed by atoms with Crippen LogP contribution in [0.3, 0.4) is 0 Å². The number of H-pyrrole nitrogens is 1. The van der Waals surface area contributed by atoms with Crippen molar-refractivity contribution in [1.29, 1.82) is 0 Å². The molecule has 1 heterocycles. The Morgan fingerprint density at radius 1 is 1.15 bits per heavy atom. The molecule has 1 aromatic carbocycles. The maximum absolute atomic E-state index is 12.6. The highest BCUT2D eigenvalue weighted by Crippen LogP contribution is 2.32. The van der Waals surface area contributed by atoms with Gasteiger partial charge in [-0.15, -0.1) is 0 Å². The highest BCUT2D eigenvalue weighted by molar-refractivity contribution is 5.93. The minimum atomic E-state index is -4.53. The quantitative estimate of drug-likeness (QED) is 0.890. The number of aromatic amines is 1. The van der Waals surface area contributed by atoms with Crippen LogP contribution in [-0.2, 0) is 6.18 Å². The van der Waals surface area contributed by atoms with Crippen LogP contribution in [0.2, 0.25) is 0 Å². The molecule has 0 saturated carbocycles. The molecule has 2 aromatic rings. The van der Waals surface area contributed by atoms with E-state index in [1.165, 1.54) is 18.2 Å². The van der Waals surface area contributed by atoms with Crippen molar-refractivity contribution in [3.05, 3.63) is 58.0 Å². The highest BCUT2D eigenvalue weighted by Gasteiger charge is 2.30. The number of alkyl halides is 3. The first-order valence-corrected chi connectivity index (χ1v) is 5.43. The van der Waals surface area contributed by atoms with Gasteiger partial charge in [0, 0.05) is 11.6 Å². The van der Waals surface area contributed by atoms with Crippen molar-refractivity contribution >= 4 is 5.97 Å². The molecule has 2 rings (SSSR count). The molecule has 0 aliphatic carbocycles. The largest absolute Gasteiger partial charge is 0.477 e. The molecular formula is C13H8F3NO3. The van der Waals surface area contributed by atoms with Crippen LogP contribution in [0.25, 0.3) is 11.1 Å². The number of hydrogen-bond acceptors (Lipinski definition) is 2. The van der Waals surface area contributed by atoms with Crippen LogP contribution in [0.4, 0.5) is 13.2 Å². The fourth-order valence-corrected chi connectivity index (χ4v) is 1.75. The van der Waals surface area contributed by atoms with E-state index in [0.29, 0.717) is 0 Å². The van der Waals surface area contributed by atoms with E-state index in [-0.39, 0.29) is 11.1 Å². The minimum Gasteiger partial charge on any atom is -0.477 e. The maximum Gasteiger partial charge on any atom is 0.416 e. The summed E-state index contributed by atoms with van der Waals surface area (Å²) in [4.78, 5) is 24.2. The maximum atomic E-state index is 12.6. The van der Waals surface area contributed by atoms with Gasteiger partial charge in [0.2, 0.25) is 5.56 Å². The van der Waals surface area contributed by atoms with Crippen LogP contribution in [0, 0.1) is 0 Å². The van der Waals surface area contributed by atoms with Crippen LogP contribution in [0.1, 0.15) is 16.1 Å². The molecule has 0 aliphatic heterocycles. The summed E-state index contributed by atoms with van der Waals surface area (Å²) in [7, 11) is 0. The number of carboxylic acids is 1. The van der Waals surface area contributed by atoms with E-state index in [1.807, 2.05) is 0 Å². The van der Waals surface area contributed by atoms with Crippen molar-refractivity contribution < 1.29 is 23.1 Å². The second kappa shape index (κ2) is 4.84. The van der Waals surface area contributed by atoms with Gasteiger partial charge in [-0.05, 0) is 23.8 Å². The molecule has 20 heavy (non-hydrogen) atoms. The van der Waals surface area contributed by atoms with Gasteiger partial charge in [0.25, 0.3) is 0 Å². The van der Waals surface area contributed by atoms with Gasteiger partial charge in [-0.1, -0.05) is 12.1 Å². The molecule has 1 aromatic heterocycles. The third-order valence-corrected chi connectivity index (χ3v) is 2.63. The zero-order chi connectivity index (χ0) is 14.9. The lowest BCUT2D eigenvalue weighted by molar-refractivity contribution is -0.137. The molecule has 0 saturated heterocycles. The van der Waals surface area contributed by atoms with Gasteiger partial charge >= 0.3 is 12.1 Å². The zero-order valence-corrected chi connectivity index (χ0v) is 9.86. The highest BCUT2D eigenvalue weighted by atomic mass is 19.4. The van der Waals surface area contributed by atoms with Crippen LogP contribution in [0.5, 0.6) is 0 Å². The van der Waals surface area contributed by atoms with Crippen LogP contribution >= 0.6 is 0 Å². The van der Waals surface area contributed by atoms with E-state index < -0.39 is 29.0 Å². The number of carbonyl (C=O) groups is 1. The van der Waals surface area contributed by atoms with Gasteiger partial charge in [-0.25, -0.2) is 4.79 Å². The van der Waals surface area contributed by atoms with E-state index in [1.54, 1.807) is 0 Å². The third-order valence-electron chi connectivity index (χ3n) is 2.63. The van der Waals surface area contributed by atoms with Gasteiger partial charge in [-0.3, -0.25) is 4.79 Å². The number of aromatic nitrogens is 1. The first kappa shape index (κ1) is 13.9. The molecule has 0 spiro atoms. The van der Waals surface area contributed by atoms with Crippen molar-refractivity contribution in [2.24, 2.45) is 0 Å². The second-order valence-corrected chi connectivity index (χ2v) is 3.99. The molecule has 0 fully saturated rings. The Morgan fingerprint density at radius 3 is 2.45 bits per heavy atom. The molecule has 104 valence electrons. The summed E-state index contributed by atoms with van der Waals surface area (Å²) in [5.74, 6) is -1.42. The number of rotatable bonds is 2. The molecule has 0 unspecified atom stereocenters. The number of carboxylic acid groups (broad SMARTS) is 1. The molecule has 0 atom stereocenters.